The number of benzene rings is 2. The standard InChI is InChI=1S/C23H29ClN2O4/c1-4-14-30-22-18(24)15-17(16-21(22)29-5-2)23(27)26-12-10-25(11-13-26)19-8-6-7-9-20(19)28-3/h6-9,15-16H,4-5,10-14H2,1-3H3. The van der Waals surface area contributed by atoms with Gasteiger partial charge in [-0.2, -0.15) is 0 Å². The Morgan fingerprint density at radius 1 is 1.03 bits per heavy atom. The van der Waals surface area contributed by atoms with Gasteiger partial charge in [-0.1, -0.05) is 30.7 Å². The molecular weight excluding hydrogens is 404 g/mol. The minimum Gasteiger partial charge on any atom is -0.495 e. The fourth-order valence-corrected chi connectivity index (χ4v) is 3.79. The quantitative estimate of drug-likeness (QED) is 0.614. The summed E-state index contributed by atoms with van der Waals surface area (Å²) in [6.07, 6.45) is 0.860. The molecule has 162 valence electrons. The highest BCUT2D eigenvalue weighted by atomic mass is 35.5. The van der Waals surface area contributed by atoms with Crippen LogP contribution in [0.3, 0.4) is 0 Å². The van der Waals surface area contributed by atoms with Crippen LogP contribution in [0.1, 0.15) is 30.6 Å². The maximum atomic E-state index is 13.1. The first-order chi connectivity index (χ1) is 14.6. The molecule has 30 heavy (non-hydrogen) atoms. The van der Waals surface area contributed by atoms with Gasteiger partial charge in [0.2, 0.25) is 0 Å². The van der Waals surface area contributed by atoms with Gasteiger partial charge in [0, 0.05) is 31.7 Å². The number of hydrogen-bond acceptors (Lipinski definition) is 5. The Balaban J connectivity index is 1.73. The summed E-state index contributed by atoms with van der Waals surface area (Å²) in [5, 5.41) is 0.394. The minimum absolute atomic E-state index is 0.0560. The predicted molar refractivity (Wildman–Crippen MR) is 120 cm³/mol. The van der Waals surface area contributed by atoms with E-state index in [0.717, 1.165) is 30.9 Å². The number of piperazine rings is 1. The number of nitrogens with zero attached hydrogens (tertiary/aromatic N) is 2. The summed E-state index contributed by atoms with van der Waals surface area (Å²) in [6.45, 7) is 7.62. The number of para-hydroxylation sites is 2. The molecule has 0 saturated carbocycles. The highest BCUT2D eigenvalue weighted by molar-refractivity contribution is 6.32. The Morgan fingerprint density at radius 3 is 2.43 bits per heavy atom. The van der Waals surface area contributed by atoms with Crippen LogP contribution in [0.4, 0.5) is 5.69 Å². The van der Waals surface area contributed by atoms with E-state index in [1.165, 1.54) is 0 Å². The molecule has 0 aliphatic carbocycles. The average molecular weight is 433 g/mol. The first-order valence-electron chi connectivity index (χ1n) is 10.3. The molecule has 0 atom stereocenters. The van der Waals surface area contributed by atoms with Gasteiger partial charge in [0.05, 0.1) is 31.0 Å². The molecule has 0 bridgehead atoms. The van der Waals surface area contributed by atoms with Crippen LogP contribution in [0.2, 0.25) is 5.02 Å². The van der Waals surface area contributed by atoms with Crippen molar-refractivity contribution in [3.63, 3.8) is 0 Å². The summed E-state index contributed by atoms with van der Waals surface area (Å²) in [5.74, 6) is 1.79. The first-order valence-corrected chi connectivity index (χ1v) is 10.7. The van der Waals surface area contributed by atoms with Crippen molar-refractivity contribution >= 4 is 23.2 Å². The lowest BCUT2D eigenvalue weighted by atomic mass is 10.1. The molecule has 0 aromatic heterocycles. The van der Waals surface area contributed by atoms with Gasteiger partial charge in [-0.05, 0) is 37.6 Å². The summed E-state index contributed by atoms with van der Waals surface area (Å²) >= 11 is 6.43. The summed E-state index contributed by atoms with van der Waals surface area (Å²) in [6, 6.07) is 11.3. The van der Waals surface area contributed by atoms with Crippen LogP contribution in [-0.2, 0) is 0 Å². The van der Waals surface area contributed by atoms with E-state index in [2.05, 4.69) is 4.90 Å². The predicted octanol–water partition coefficient (Wildman–Crippen LogP) is 4.50. The normalized spacial score (nSPS) is 13.9. The second-order valence-electron chi connectivity index (χ2n) is 7.02. The van der Waals surface area contributed by atoms with E-state index in [1.54, 1.807) is 19.2 Å². The molecule has 1 amide bonds. The number of ether oxygens (including phenoxy) is 3. The molecule has 1 fully saturated rings. The highest BCUT2D eigenvalue weighted by Gasteiger charge is 2.25. The summed E-state index contributed by atoms with van der Waals surface area (Å²) < 4.78 is 16.9. The minimum atomic E-state index is -0.0560. The number of amides is 1. The molecule has 2 aromatic carbocycles. The number of rotatable bonds is 8. The molecule has 2 aromatic rings. The lowest BCUT2D eigenvalue weighted by molar-refractivity contribution is 0.0746. The van der Waals surface area contributed by atoms with Crippen molar-refractivity contribution in [3.05, 3.63) is 47.0 Å². The number of anilines is 1. The van der Waals surface area contributed by atoms with Gasteiger partial charge in [-0.25, -0.2) is 0 Å². The first kappa shape index (κ1) is 22.1. The summed E-state index contributed by atoms with van der Waals surface area (Å²) in [5.41, 5.74) is 1.56. The molecule has 1 saturated heterocycles. The molecule has 7 heteroatoms. The van der Waals surface area contributed by atoms with E-state index in [-0.39, 0.29) is 5.91 Å². The molecule has 1 aliphatic rings. The Bertz CT molecular complexity index is 866. The monoisotopic (exact) mass is 432 g/mol. The zero-order chi connectivity index (χ0) is 21.5. The number of carbonyl (C=O) groups excluding carboxylic acids is 1. The van der Waals surface area contributed by atoms with Gasteiger partial charge in [0.15, 0.2) is 11.5 Å². The number of carbonyl (C=O) groups is 1. The zero-order valence-electron chi connectivity index (χ0n) is 17.8. The smallest absolute Gasteiger partial charge is 0.254 e. The molecule has 6 nitrogen and oxygen atoms in total. The summed E-state index contributed by atoms with van der Waals surface area (Å²) in [7, 11) is 1.67. The van der Waals surface area contributed by atoms with Crippen molar-refractivity contribution in [1.82, 2.24) is 4.90 Å². The maximum absolute atomic E-state index is 13.1. The Labute approximate surface area is 183 Å². The van der Waals surface area contributed by atoms with Crippen LogP contribution < -0.4 is 19.1 Å². The molecule has 3 rings (SSSR count). The lowest BCUT2D eigenvalue weighted by Crippen LogP contribution is -2.48. The maximum Gasteiger partial charge on any atom is 0.254 e. The second kappa shape index (κ2) is 10.4. The van der Waals surface area contributed by atoms with Crippen molar-refractivity contribution in [2.45, 2.75) is 20.3 Å². The van der Waals surface area contributed by atoms with Crippen LogP contribution in [-0.4, -0.2) is 57.3 Å². The Kier molecular flexibility index (Phi) is 7.69. The average Bonchev–Trinajstić information content (AvgIpc) is 2.78. The van der Waals surface area contributed by atoms with Crippen LogP contribution in [0.15, 0.2) is 36.4 Å². The van der Waals surface area contributed by atoms with Crippen molar-refractivity contribution in [1.29, 1.82) is 0 Å². The van der Waals surface area contributed by atoms with Gasteiger partial charge in [-0.15, -0.1) is 0 Å². The van der Waals surface area contributed by atoms with Crippen molar-refractivity contribution in [3.8, 4) is 17.2 Å². The molecule has 0 radical (unpaired) electrons. The lowest BCUT2D eigenvalue weighted by Gasteiger charge is -2.36. The highest BCUT2D eigenvalue weighted by Crippen LogP contribution is 2.37. The fraction of sp³-hybridized carbons (Fsp3) is 0.435. The van der Waals surface area contributed by atoms with Gasteiger partial charge < -0.3 is 24.0 Å². The molecule has 1 aliphatic heterocycles. The van der Waals surface area contributed by atoms with E-state index >= 15 is 0 Å². The topological polar surface area (TPSA) is 51.2 Å². The van der Waals surface area contributed by atoms with Crippen LogP contribution >= 0.6 is 11.6 Å². The zero-order valence-corrected chi connectivity index (χ0v) is 18.6. The van der Waals surface area contributed by atoms with Crippen molar-refractivity contribution in [2.24, 2.45) is 0 Å². The molecule has 1 heterocycles. The fourth-order valence-electron chi connectivity index (χ4n) is 3.52. The summed E-state index contributed by atoms with van der Waals surface area (Å²) in [4.78, 5) is 17.2. The van der Waals surface area contributed by atoms with Gasteiger partial charge in [0.1, 0.15) is 5.75 Å². The van der Waals surface area contributed by atoms with Crippen LogP contribution in [0, 0.1) is 0 Å². The van der Waals surface area contributed by atoms with Crippen molar-refractivity contribution < 1.29 is 19.0 Å². The van der Waals surface area contributed by atoms with E-state index < -0.39 is 0 Å². The van der Waals surface area contributed by atoms with Gasteiger partial charge >= 0.3 is 0 Å². The van der Waals surface area contributed by atoms with E-state index in [1.807, 2.05) is 43.0 Å². The Hall–Kier alpha value is -2.60. The van der Waals surface area contributed by atoms with Crippen molar-refractivity contribution in [2.75, 3.05) is 51.4 Å². The largest absolute Gasteiger partial charge is 0.495 e. The van der Waals surface area contributed by atoms with Crippen LogP contribution in [0.5, 0.6) is 17.2 Å². The third kappa shape index (κ3) is 4.93. The SMILES string of the molecule is CCCOc1c(Cl)cc(C(=O)N2CCN(c3ccccc3OC)CC2)cc1OCC. The van der Waals surface area contributed by atoms with Crippen LogP contribution in [0.25, 0.3) is 0 Å². The molecule has 0 N–H and O–H groups in total. The van der Waals surface area contributed by atoms with Gasteiger partial charge in [0.25, 0.3) is 5.91 Å². The van der Waals surface area contributed by atoms with E-state index in [0.29, 0.717) is 48.4 Å². The number of hydrogen-bond donors (Lipinski definition) is 0. The van der Waals surface area contributed by atoms with Gasteiger partial charge in [-0.3, -0.25) is 4.79 Å². The molecule has 0 spiro atoms. The number of methoxy groups -OCH3 is 1. The molecule has 0 unspecified atom stereocenters. The third-order valence-electron chi connectivity index (χ3n) is 5.00. The molecular formula is C23H29ClN2O4. The van der Waals surface area contributed by atoms with E-state index in [4.69, 9.17) is 25.8 Å². The number of halogens is 1. The third-order valence-corrected chi connectivity index (χ3v) is 5.28. The second-order valence-corrected chi connectivity index (χ2v) is 7.43. The van der Waals surface area contributed by atoms with E-state index in [9.17, 15) is 4.79 Å². The Morgan fingerprint density at radius 2 is 1.77 bits per heavy atom.